The summed E-state index contributed by atoms with van der Waals surface area (Å²) < 4.78 is 18.4. The fourth-order valence-electron chi connectivity index (χ4n) is 1.58. The number of benzene rings is 1. The minimum atomic E-state index is -0.412. The number of nitrogens with one attached hydrogen (secondary N) is 1. The van der Waals surface area contributed by atoms with Crippen LogP contribution in [0.15, 0.2) is 36.5 Å². The molecule has 0 aliphatic heterocycles. The molecule has 1 heterocycles. The van der Waals surface area contributed by atoms with Crippen molar-refractivity contribution < 1.29 is 13.9 Å². The number of aryl methyl sites for hydroxylation is 1. The van der Waals surface area contributed by atoms with E-state index in [1.54, 1.807) is 37.4 Å². The Morgan fingerprint density at radius 1 is 1.37 bits per heavy atom. The Bertz CT molecular complexity index is 614. The van der Waals surface area contributed by atoms with Crippen LogP contribution in [0.5, 0.6) is 5.88 Å². The molecule has 0 saturated carbocycles. The summed E-state index contributed by atoms with van der Waals surface area (Å²) in [6.07, 6.45) is 1.56. The monoisotopic (exact) mass is 260 g/mol. The van der Waals surface area contributed by atoms with E-state index >= 15 is 0 Å². The topological polar surface area (TPSA) is 51.2 Å². The number of anilines is 1. The van der Waals surface area contributed by atoms with Gasteiger partial charge in [0.25, 0.3) is 5.91 Å². The van der Waals surface area contributed by atoms with Gasteiger partial charge in [0.05, 0.1) is 7.11 Å². The van der Waals surface area contributed by atoms with E-state index in [2.05, 4.69) is 10.3 Å². The number of halogens is 1. The van der Waals surface area contributed by atoms with Crippen molar-refractivity contribution in [1.29, 1.82) is 0 Å². The second kappa shape index (κ2) is 5.48. The number of carbonyl (C=O) groups excluding carboxylic acids is 1. The van der Waals surface area contributed by atoms with E-state index in [1.165, 1.54) is 13.2 Å². The van der Waals surface area contributed by atoms with Crippen molar-refractivity contribution in [1.82, 2.24) is 4.98 Å². The minimum absolute atomic E-state index is 0.244. The number of amides is 1. The summed E-state index contributed by atoms with van der Waals surface area (Å²) in [4.78, 5) is 15.9. The predicted octanol–water partition coefficient (Wildman–Crippen LogP) is 2.79. The average Bonchev–Trinajstić information content (AvgIpc) is 2.42. The molecule has 1 amide bonds. The van der Waals surface area contributed by atoms with Crippen LogP contribution in [0.2, 0.25) is 0 Å². The number of aromatic nitrogens is 1. The van der Waals surface area contributed by atoms with Crippen molar-refractivity contribution >= 4 is 11.6 Å². The van der Waals surface area contributed by atoms with Crippen molar-refractivity contribution in [3.63, 3.8) is 0 Å². The third-order valence-electron chi connectivity index (χ3n) is 2.65. The van der Waals surface area contributed by atoms with Gasteiger partial charge in [-0.1, -0.05) is 6.07 Å². The molecule has 0 radical (unpaired) electrons. The molecule has 4 nitrogen and oxygen atoms in total. The predicted molar refractivity (Wildman–Crippen MR) is 69.9 cm³/mol. The molecule has 1 aromatic heterocycles. The maximum absolute atomic E-state index is 13.4. The molecule has 0 fully saturated rings. The number of rotatable bonds is 3. The van der Waals surface area contributed by atoms with Crippen LogP contribution < -0.4 is 10.1 Å². The quantitative estimate of drug-likeness (QED) is 0.923. The fraction of sp³-hybridized carbons (Fsp3) is 0.143. The molecule has 5 heteroatoms. The smallest absolute Gasteiger partial charge is 0.255 e. The van der Waals surface area contributed by atoms with Gasteiger partial charge in [-0.2, -0.15) is 0 Å². The Labute approximate surface area is 110 Å². The average molecular weight is 260 g/mol. The van der Waals surface area contributed by atoms with Crippen molar-refractivity contribution in [3.05, 3.63) is 53.5 Å². The van der Waals surface area contributed by atoms with Gasteiger partial charge < -0.3 is 10.1 Å². The first kappa shape index (κ1) is 13.0. The van der Waals surface area contributed by atoms with Crippen molar-refractivity contribution in [2.24, 2.45) is 0 Å². The lowest BCUT2D eigenvalue weighted by Crippen LogP contribution is -2.13. The van der Waals surface area contributed by atoms with Gasteiger partial charge in [-0.3, -0.25) is 4.79 Å². The molecule has 0 spiro atoms. The number of hydrogen-bond acceptors (Lipinski definition) is 3. The van der Waals surface area contributed by atoms with Crippen molar-refractivity contribution in [2.45, 2.75) is 6.92 Å². The van der Waals surface area contributed by atoms with Crippen LogP contribution in [0.25, 0.3) is 0 Å². The zero-order valence-electron chi connectivity index (χ0n) is 10.6. The molecule has 0 aliphatic carbocycles. The Balaban J connectivity index is 2.23. The Morgan fingerprint density at radius 2 is 2.16 bits per heavy atom. The molecule has 0 atom stereocenters. The summed E-state index contributed by atoms with van der Waals surface area (Å²) in [5.74, 6) is -0.514. The molecule has 19 heavy (non-hydrogen) atoms. The Morgan fingerprint density at radius 3 is 2.84 bits per heavy atom. The summed E-state index contributed by atoms with van der Waals surface area (Å²) in [6, 6.07) is 7.66. The summed E-state index contributed by atoms with van der Waals surface area (Å²) in [6.45, 7) is 1.64. The summed E-state index contributed by atoms with van der Waals surface area (Å²) >= 11 is 0. The van der Waals surface area contributed by atoms with E-state index in [0.29, 0.717) is 17.1 Å². The van der Waals surface area contributed by atoms with Gasteiger partial charge in [0.2, 0.25) is 5.88 Å². The number of methoxy groups -OCH3 is 1. The lowest BCUT2D eigenvalue weighted by molar-refractivity contribution is 0.102. The third-order valence-corrected chi connectivity index (χ3v) is 2.65. The first-order chi connectivity index (χ1) is 9.11. The van der Waals surface area contributed by atoms with Gasteiger partial charge >= 0.3 is 0 Å². The third kappa shape index (κ3) is 2.88. The number of hydrogen-bond donors (Lipinski definition) is 1. The van der Waals surface area contributed by atoms with Gasteiger partial charge in [0.15, 0.2) is 0 Å². The zero-order valence-corrected chi connectivity index (χ0v) is 10.6. The molecule has 0 unspecified atom stereocenters. The Kier molecular flexibility index (Phi) is 3.75. The lowest BCUT2D eigenvalue weighted by Gasteiger charge is -2.09. The molecule has 0 bridgehead atoms. The molecule has 2 rings (SSSR count). The molecule has 1 aromatic carbocycles. The molecule has 98 valence electrons. The van der Waals surface area contributed by atoms with E-state index in [0.717, 1.165) is 0 Å². The number of carbonyl (C=O) groups is 1. The maximum atomic E-state index is 13.4. The van der Waals surface area contributed by atoms with Crippen molar-refractivity contribution in [3.8, 4) is 5.88 Å². The van der Waals surface area contributed by atoms with E-state index in [9.17, 15) is 9.18 Å². The molecular formula is C14H13FN2O2. The summed E-state index contributed by atoms with van der Waals surface area (Å²) in [5, 5.41) is 2.63. The standard InChI is InChI=1S/C14H13FN2O2/c1-9-5-6-10(8-11(9)15)13(18)17-12-4-3-7-16-14(12)19-2/h3-8H,1-2H3,(H,17,18). The zero-order chi connectivity index (χ0) is 13.8. The molecular weight excluding hydrogens is 247 g/mol. The fourth-order valence-corrected chi connectivity index (χ4v) is 1.58. The van der Waals surface area contributed by atoms with Gasteiger partial charge in [0.1, 0.15) is 11.5 Å². The van der Waals surface area contributed by atoms with E-state index in [1.807, 2.05) is 0 Å². The molecule has 2 aromatic rings. The lowest BCUT2D eigenvalue weighted by atomic mass is 10.1. The van der Waals surface area contributed by atoms with Gasteiger partial charge in [0, 0.05) is 11.8 Å². The largest absolute Gasteiger partial charge is 0.480 e. The van der Waals surface area contributed by atoms with Gasteiger partial charge in [-0.15, -0.1) is 0 Å². The van der Waals surface area contributed by atoms with Crippen LogP contribution in [0.3, 0.4) is 0 Å². The highest BCUT2D eigenvalue weighted by atomic mass is 19.1. The number of ether oxygens (including phenoxy) is 1. The van der Waals surface area contributed by atoms with E-state index in [-0.39, 0.29) is 5.56 Å². The van der Waals surface area contributed by atoms with Crippen LogP contribution in [0.4, 0.5) is 10.1 Å². The minimum Gasteiger partial charge on any atom is -0.480 e. The summed E-state index contributed by atoms with van der Waals surface area (Å²) in [7, 11) is 1.46. The maximum Gasteiger partial charge on any atom is 0.255 e. The number of nitrogens with zero attached hydrogens (tertiary/aromatic N) is 1. The molecule has 0 saturated heterocycles. The van der Waals surface area contributed by atoms with Crippen LogP contribution in [-0.2, 0) is 0 Å². The van der Waals surface area contributed by atoms with Crippen molar-refractivity contribution in [2.75, 3.05) is 12.4 Å². The van der Waals surface area contributed by atoms with Gasteiger partial charge in [-0.05, 0) is 36.8 Å². The van der Waals surface area contributed by atoms with E-state index < -0.39 is 11.7 Å². The summed E-state index contributed by atoms with van der Waals surface area (Å²) in [5.41, 5.74) is 1.18. The highest BCUT2D eigenvalue weighted by molar-refractivity contribution is 6.04. The SMILES string of the molecule is COc1ncccc1NC(=O)c1ccc(C)c(F)c1. The number of pyridine rings is 1. The first-order valence-electron chi connectivity index (χ1n) is 5.68. The van der Waals surface area contributed by atoms with Gasteiger partial charge in [-0.25, -0.2) is 9.37 Å². The first-order valence-corrected chi connectivity index (χ1v) is 5.68. The van der Waals surface area contributed by atoms with Crippen LogP contribution >= 0.6 is 0 Å². The highest BCUT2D eigenvalue weighted by Crippen LogP contribution is 2.21. The second-order valence-corrected chi connectivity index (χ2v) is 3.98. The molecule has 1 N–H and O–H groups in total. The van der Waals surface area contributed by atoms with Crippen LogP contribution in [-0.4, -0.2) is 18.0 Å². The Hall–Kier alpha value is -2.43. The highest BCUT2D eigenvalue weighted by Gasteiger charge is 2.11. The van der Waals surface area contributed by atoms with Crippen LogP contribution in [0.1, 0.15) is 15.9 Å². The second-order valence-electron chi connectivity index (χ2n) is 3.98. The van der Waals surface area contributed by atoms with Crippen LogP contribution in [0, 0.1) is 12.7 Å². The normalized spacial score (nSPS) is 10.1. The molecule has 0 aliphatic rings. The van der Waals surface area contributed by atoms with E-state index in [4.69, 9.17) is 4.74 Å².